The fourth-order valence-corrected chi connectivity index (χ4v) is 1.73. The predicted molar refractivity (Wildman–Crippen MR) is 66.8 cm³/mol. The molecule has 0 atom stereocenters. The summed E-state index contributed by atoms with van der Waals surface area (Å²) >= 11 is 6.13. The maximum atomic E-state index is 6.13. The first-order chi connectivity index (χ1) is 8.22. The van der Waals surface area contributed by atoms with Crippen LogP contribution in [-0.4, -0.2) is 28.5 Å². The van der Waals surface area contributed by atoms with Crippen LogP contribution in [0.1, 0.15) is 0 Å². The highest BCUT2D eigenvalue weighted by Crippen LogP contribution is 2.28. The molecule has 2 rings (SSSR count). The van der Waals surface area contributed by atoms with Gasteiger partial charge in [0.25, 0.3) is 0 Å². The van der Waals surface area contributed by atoms with Gasteiger partial charge < -0.3 is 15.0 Å². The SMILES string of the molecule is COCCn1cnnc1-c1cc(N)ccc1Cl. The summed E-state index contributed by atoms with van der Waals surface area (Å²) < 4.78 is 6.91. The zero-order valence-corrected chi connectivity index (χ0v) is 10.2. The van der Waals surface area contributed by atoms with Crippen molar-refractivity contribution in [2.75, 3.05) is 19.5 Å². The number of nitrogens with zero attached hydrogens (tertiary/aromatic N) is 3. The normalized spacial score (nSPS) is 10.7. The fourth-order valence-electron chi connectivity index (χ4n) is 1.53. The summed E-state index contributed by atoms with van der Waals surface area (Å²) in [6.45, 7) is 1.26. The average Bonchev–Trinajstić information content (AvgIpc) is 2.77. The molecule has 0 radical (unpaired) electrons. The van der Waals surface area contributed by atoms with Gasteiger partial charge in [0, 0.05) is 24.9 Å². The number of benzene rings is 1. The van der Waals surface area contributed by atoms with Crippen LogP contribution in [0.25, 0.3) is 11.4 Å². The van der Waals surface area contributed by atoms with Gasteiger partial charge in [-0.2, -0.15) is 0 Å². The molecule has 0 saturated heterocycles. The van der Waals surface area contributed by atoms with Gasteiger partial charge in [-0.3, -0.25) is 0 Å². The van der Waals surface area contributed by atoms with Crippen LogP contribution in [0.15, 0.2) is 24.5 Å². The molecule has 0 aliphatic carbocycles. The van der Waals surface area contributed by atoms with E-state index >= 15 is 0 Å². The molecule has 0 fully saturated rings. The number of hydrogen-bond acceptors (Lipinski definition) is 4. The quantitative estimate of drug-likeness (QED) is 0.843. The molecular formula is C11H13ClN4O. The predicted octanol–water partition coefficient (Wildman–Crippen LogP) is 1.83. The number of hydrogen-bond donors (Lipinski definition) is 1. The third-order valence-electron chi connectivity index (χ3n) is 2.38. The Morgan fingerprint density at radius 1 is 1.47 bits per heavy atom. The number of aromatic nitrogens is 3. The summed E-state index contributed by atoms with van der Waals surface area (Å²) in [5.41, 5.74) is 7.17. The van der Waals surface area contributed by atoms with Crippen molar-refractivity contribution in [3.8, 4) is 11.4 Å². The molecule has 0 bridgehead atoms. The highest BCUT2D eigenvalue weighted by molar-refractivity contribution is 6.33. The Morgan fingerprint density at radius 2 is 2.29 bits per heavy atom. The van der Waals surface area contributed by atoms with E-state index < -0.39 is 0 Å². The number of anilines is 1. The topological polar surface area (TPSA) is 66.0 Å². The maximum absolute atomic E-state index is 6.13. The van der Waals surface area contributed by atoms with Gasteiger partial charge in [-0.05, 0) is 18.2 Å². The van der Waals surface area contributed by atoms with Crippen LogP contribution in [0.2, 0.25) is 5.02 Å². The van der Waals surface area contributed by atoms with Crippen LogP contribution in [0.3, 0.4) is 0 Å². The van der Waals surface area contributed by atoms with Crippen molar-refractivity contribution in [2.24, 2.45) is 0 Å². The smallest absolute Gasteiger partial charge is 0.165 e. The van der Waals surface area contributed by atoms with Crippen LogP contribution >= 0.6 is 11.6 Å². The van der Waals surface area contributed by atoms with Crippen LogP contribution in [0.5, 0.6) is 0 Å². The Bertz CT molecular complexity index is 512. The first kappa shape index (κ1) is 11.9. The van der Waals surface area contributed by atoms with E-state index in [1.54, 1.807) is 31.6 Å². The summed E-state index contributed by atoms with van der Waals surface area (Å²) in [5.74, 6) is 0.694. The number of nitrogen functional groups attached to an aromatic ring is 1. The largest absolute Gasteiger partial charge is 0.399 e. The first-order valence-electron chi connectivity index (χ1n) is 5.14. The van der Waals surface area contributed by atoms with Gasteiger partial charge in [0.15, 0.2) is 5.82 Å². The van der Waals surface area contributed by atoms with Gasteiger partial charge in [-0.15, -0.1) is 10.2 Å². The van der Waals surface area contributed by atoms with Crippen LogP contribution < -0.4 is 5.73 Å². The van der Waals surface area contributed by atoms with Crippen molar-refractivity contribution in [1.29, 1.82) is 0 Å². The van der Waals surface area contributed by atoms with Gasteiger partial charge >= 0.3 is 0 Å². The van der Waals surface area contributed by atoms with E-state index in [2.05, 4.69) is 10.2 Å². The molecule has 17 heavy (non-hydrogen) atoms. The van der Waals surface area contributed by atoms with E-state index in [1.807, 2.05) is 4.57 Å². The number of methoxy groups -OCH3 is 1. The summed E-state index contributed by atoms with van der Waals surface area (Å²) in [4.78, 5) is 0. The Kier molecular flexibility index (Phi) is 3.61. The highest BCUT2D eigenvalue weighted by atomic mass is 35.5. The van der Waals surface area contributed by atoms with Gasteiger partial charge in [-0.1, -0.05) is 11.6 Å². The number of ether oxygens (including phenoxy) is 1. The second-order valence-electron chi connectivity index (χ2n) is 3.58. The Balaban J connectivity index is 2.38. The third kappa shape index (κ3) is 2.57. The summed E-state index contributed by atoms with van der Waals surface area (Å²) in [7, 11) is 1.65. The monoisotopic (exact) mass is 252 g/mol. The zero-order valence-electron chi connectivity index (χ0n) is 9.43. The lowest BCUT2D eigenvalue weighted by Gasteiger charge is -2.07. The second kappa shape index (κ2) is 5.16. The molecule has 1 aromatic carbocycles. The van der Waals surface area contributed by atoms with E-state index in [0.717, 1.165) is 5.56 Å². The molecule has 1 aromatic heterocycles. The van der Waals surface area contributed by atoms with Crippen molar-refractivity contribution < 1.29 is 4.74 Å². The summed E-state index contributed by atoms with van der Waals surface area (Å²) in [6, 6.07) is 5.29. The number of nitrogens with two attached hydrogens (primary N) is 1. The minimum Gasteiger partial charge on any atom is -0.399 e. The molecule has 0 amide bonds. The Labute approximate surface area is 104 Å². The van der Waals surface area contributed by atoms with Crippen LogP contribution in [0.4, 0.5) is 5.69 Å². The van der Waals surface area contributed by atoms with Gasteiger partial charge in [0.1, 0.15) is 6.33 Å². The van der Waals surface area contributed by atoms with Crippen molar-refractivity contribution in [3.05, 3.63) is 29.5 Å². The minimum atomic E-state index is 0.588. The lowest BCUT2D eigenvalue weighted by molar-refractivity contribution is 0.187. The van der Waals surface area contributed by atoms with E-state index in [4.69, 9.17) is 22.1 Å². The second-order valence-corrected chi connectivity index (χ2v) is 3.99. The summed E-state index contributed by atoms with van der Waals surface area (Å²) in [5, 5.41) is 8.54. The molecule has 0 saturated carbocycles. The molecule has 5 nitrogen and oxygen atoms in total. The van der Waals surface area contributed by atoms with Crippen molar-refractivity contribution in [2.45, 2.75) is 6.54 Å². The van der Waals surface area contributed by atoms with E-state index in [-0.39, 0.29) is 0 Å². The van der Waals surface area contributed by atoms with E-state index in [9.17, 15) is 0 Å². The molecule has 2 N–H and O–H groups in total. The van der Waals surface area contributed by atoms with Crippen molar-refractivity contribution >= 4 is 17.3 Å². The number of halogens is 1. The van der Waals surface area contributed by atoms with E-state index in [0.29, 0.717) is 29.7 Å². The lowest BCUT2D eigenvalue weighted by Crippen LogP contribution is -2.05. The third-order valence-corrected chi connectivity index (χ3v) is 2.71. The fraction of sp³-hybridized carbons (Fsp3) is 0.273. The molecule has 1 heterocycles. The molecule has 90 valence electrons. The number of rotatable bonds is 4. The molecule has 0 unspecified atom stereocenters. The van der Waals surface area contributed by atoms with Crippen LogP contribution in [0, 0.1) is 0 Å². The maximum Gasteiger partial charge on any atom is 0.165 e. The van der Waals surface area contributed by atoms with Gasteiger partial charge in [0.2, 0.25) is 0 Å². The van der Waals surface area contributed by atoms with E-state index in [1.165, 1.54) is 0 Å². The molecule has 0 spiro atoms. The zero-order chi connectivity index (χ0) is 12.3. The molecule has 2 aromatic rings. The average molecular weight is 253 g/mol. The lowest BCUT2D eigenvalue weighted by atomic mass is 10.2. The van der Waals surface area contributed by atoms with Crippen molar-refractivity contribution in [3.63, 3.8) is 0 Å². The molecule has 0 aliphatic heterocycles. The standard InChI is InChI=1S/C11H13ClN4O/c1-17-5-4-16-7-14-15-11(16)9-6-8(13)2-3-10(9)12/h2-3,6-7H,4-5,13H2,1H3. The molecule has 6 heteroatoms. The highest BCUT2D eigenvalue weighted by Gasteiger charge is 2.11. The van der Waals surface area contributed by atoms with Crippen molar-refractivity contribution in [1.82, 2.24) is 14.8 Å². The molecule has 0 aliphatic rings. The van der Waals surface area contributed by atoms with Gasteiger partial charge in [0.05, 0.1) is 11.6 Å². The molecular weight excluding hydrogens is 240 g/mol. The first-order valence-corrected chi connectivity index (χ1v) is 5.52. The van der Waals surface area contributed by atoms with Crippen LogP contribution in [-0.2, 0) is 11.3 Å². The summed E-state index contributed by atoms with van der Waals surface area (Å²) in [6.07, 6.45) is 1.65. The Hall–Kier alpha value is -1.59. The Morgan fingerprint density at radius 3 is 3.06 bits per heavy atom. The minimum absolute atomic E-state index is 0.588. The van der Waals surface area contributed by atoms with Gasteiger partial charge in [-0.25, -0.2) is 0 Å².